The van der Waals surface area contributed by atoms with Gasteiger partial charge in [0, 0.05) is 6.42 Å². The highest BCUT2D eigenvalue weighted by Gasteiger charge is 1.76. The maximum atomic E-state index is 10.1. The third-order valence-corrected chi connectivity index (χ3v) is 0.675. The van der Waals surface area contributed by atoms with Crippen LogP contribution in [0, 0.1) is 5.21 Å². The van der Waals surface area contributed by atoms with Gasteiger partial charge in [-0.15, -0.1) is 0 Å². The number of hydrogen-bond donors (Lipinski definition) is 0. The molecule has 0 aromatic carbocycles. The number of hydrogen-bond acceptors (Lipinski definition) is 1. The van der Waals surface area contributed by atoms with Gasteiger partial charge >= 0.3 is 0 Å². The lowest BCUT2D eigenvalue weighted by molar-refractivity contribution is -0.418. The van der Waals surface area contributed by atoms with Gasteiger partial charge in [0.25, 0.3) is 0 Å². The summed E-state index contributed by atoms with van der Waals surface area (Å²) < 4.78 is 0.837. The van der Waals surface area contributed by atoms with Gasteiger partial charge in [0.15, 0.2) is 6.21 Å². The smallest absolute Gasteiger partial charge is 0.150 e. The Morgan fingerprint density at radius 2 is 2.29 bits per heavy atom. The Bertz CT molecular complexity index is 64.5. The molecule has 0 saturated carbocycles. The molecular formula is C5H11NO. The minimum Gasteiger partial charge on any atom is -0.624 e. The van der Waals surface area contributed by atoms with Crippen LogP contribution in [0.4, 0.5) is 0 Å². The molecule has 0 atom stereocenters. The Kier molecular flexibility index (Phi) is 3.38. The molecule has 0 radical (unpaired) electrons. The van der Waals surface area contributed by atoms with Crippen molar-refractivity contribution < 1.29 is 4.74 Å². The van der Waals surface area contributed by atoms with E-state index in [9.17, 15) is 5.21 Å². The van der Waals surface area contributed by atoms with Crippen molar-refractivity contribution in [1.82, 2.24) is 0 Å². The fourth-order valence-electron chi connectivity index (χ4n) is 0.311. The molecule has 0 amide bonds. The normalized spacial score (nSPS) is 12.0. The Labute approximate surface area is 44.1 Å². The van der Waals surface area contributed by atoms with Crippen molar-refractivity contribution in [2.75, 3.05) is 7.05 Å². The summed E-state index contributed by atoms with van der Waals surface area (Å²) in [4.78, 5) is 0. The summed E-state index contributed by atoms with van der Waals surface area (Å²) in [7, 11) is 1.50. The van der Waals surface area contributed by atoms with Gasteiger partial charge in [-0.3, -0.25) is 0 Å². The fourth-order valence-corrected chi connectivity index (χ4v) is 0.311. The van der Waals surface area contributed by atoms with Gasteiger partial charge in [-0.25, -0.2) is 4.74 Å². The number of unbranched alkanes of at least 4 members (excludes halogenated alkanes) is 1. The predicted octanol–water partition coefficient (Wildman–Crippen LogP) is 0.997. The van der Waals surface area contributed by atoms with Crippen LogP contribution in [0.3, 0.4) is 0 Å². The van der Waals surface area contributed by atoms with E-state index in [1.807, 2.05) is 6.92 Å². The standard InChI is InChI=1S/C5H11NO/c1-3-4-5-6(2)7/h5H,3-4H2,1-2H3/b6-5+. The van der Waals surface area contributed by atoms with Crippen LogP contribution in [-0.2, 0) is 0 Å². The second-order valence-corrected chi connectivity index (χ2v) is 1.52. The molecule has 7 heavy (non-hydrogen) atoms. The molecule has 0 aliphatic heterocycles. The van der Waals surface area contributed by atoms with Crippen LogP contribution in [-0.4, -0.2) is 18.0 Å². The highest BCUT2D eigenvalue weighted by Crippen LogP contribution is 1.77. The zero-order valence-electron chi connectivity index (χ0n) is 4.85. The van der Waals surface area contributed by atoms with Crippen molar-refractivity contribution in [1.29, 1.82) is 0 Å². The van der Waals surface area contributed by atoms with Crippen LogP contribution in [0.1, 0.15) is 19.8 Å². The molecule has 0 saturated heterocycles. The zero-order valence-corrected chi connectivity index (χ0v) is 4.85. The second-order valence-electron chi connectivity index (χ2n) is 1.52. The molecule has 0 aliphatic rings. The van der Waals surface area contributed by atoms with E-state index < -0.39 is 0 Å². The molecule has 0 bridgehead atoms. The fraction of sp³-hybridized carbons (Fsp3) is 0.800. The van der Waals surface area contributed by atoms with Gasteiger partial charge in [0.1, 0.15) is 7.05 Å². The van der Waals surface area contributed by atoms with Crippen LogP contribution in [0.15, 0.2) is 0 Å². The predicted molar refractivity (Wildman–Crippen MR) is 30.5 cm³/mol. The zero-order chi connectivity index (χ0) is 5.70. The van der Waals surface area contributed by atoms with Crippen molar-refractivity contribution in [2.45, 2.75) is 19.8 Å². The first kappa shape index (κ1) is 6.47. The Hall–Kier alpha value is -0.530. The lowest BCUT2D eigenvalue weighted by Gasteiger charge is -1.90. The first-order valence-electron chi connectivity index (χ1n) is 2.50. The molecule has 0 rings (SSSR count). The summed E-state index contributed by atoms with van der Waals surface area (Å²) in [5.74, 6) is 0. The van der Waals surface area contributed by atoms with Crippen molar-refractivity contribution in [3.05, 3.63) is 5.21 Å². The van der Waals surface area contributed by atoms with Crippen molar-refractivity contribution in [3.63, 3.8) is 0 Å². The molecule has 0 N–H and O–H groups in total. The molecule has 0 aliphatic carbocycles. The van der Waals surface area contributed by atoms with Crippen LogP contribution >= 0.6 is 0 Å². The third-order valence-electron chi connectivity index (χ3n) is 0.675. The first-order chi connectivity index (χ1) is 3.27. The first-order valence-corrected chi connectivity index (χ1v) is 2.50. The maximum Gasteiger partial charge on any atom is 0.150 e. The molecule has 0 aromatic rings. The molecule has 2 nitrogen and oxygen atoms in total. The van der Waals surface area contributed by atoms with E-state index in [1.165, 1.54) is 7.05 Å². The Balaban J connectivity index is 3.08. The van der Waals surface area contributed by atoms with Gasteiger partial charge in [-0.2, -0.15) is 0 Å². The molecule has 0 unspecified atom stereocenters. The lowest BCUT2D eigenvalue weighted by Crippen LogP contribution is -1.94. The summed E-state index contributed by atoms with van der Waals surface area (Å²) in [6, 6.07) is 0. The van der Waals surface area contributed by atoms with Crippen LogP contribution in [0.5, 0.6) is 0 Å². The second kappa shape index (κ2) is 3.65. The quantitative estimate of drug-likeness (QED) is 0.220. The monoisotopic (exact) mass is 101 g/mol. The van der Waals surface area contributed by atoms with Gasteiger partial charge in [-0.1, -0.05) is 6.92 Å². The molecular weight excluding hydrogens is 90.1 g/mol. The van der Waals surface area contributed by atoms with E-state index >= 15 is 0 Å². The summed E-state index contributed by atoms with van der Waals surface area (Å²) in [6.07, 6.45) is 3.56. The Morgan fingerprint density at radius 3 is 2.43 bits per heavy atom. The van der Waals surface area contributed by atoms with Gasteiger partial charge < -0.3 is 5.21 Å². The highest BCUT2D eigenvalue weighted by molar-refractivity contribution is 5.50. The topological polar surface area (TPSA) is 26.1 Å². The molecule has 0 aromatic heterocycles. The largest absolute Gasteiger partial charge is 0.624 e. The lowest BCUT2D eigenvalue weighted by atomic mass is 10.4. The summed E-state index contributed by atoms with van der Waals surface area (Å²) >= 11 is 0. The number of nitrogens with zero attached hydrogens (tertiary/aromatic N) is 1. The molecule has 42 valence electrons. The van der Waals surface area contributed by atoms with Crippen molar-refractivity contribution >= 4 is 6.21 Å². The van der Waals surface area contributed by atoms with E-state index in [1.54, 1.807) is 6.21 Å². The maximum absolute atomic E-state index is 10.1. The van der Waals surface area contributed by atoms with Gasteiger partial charge in [0.2, 0.25) is 0 Å². The molecule has 2 heteroatoms. The number of rotatable bonds is 2. The summed E-state index contributed by atoms with van der Waals surface area (Å²) in [6.45, 7) is 2.04. The van der Waals surface area contributed by atoms with E-state index in [2.05, 4.69) is 0 Å². The molecule has 0 heterocycles. The third kappa shape index (κ3) is 5.47. The summed E-state index contributed by atoms with van der Waals surface area (Å²) in [5.41, 5.74) is 0. The average Bonchev–Trinajstić information content (AvgIpc) is 1.61. The number of hydroxylamine groups is 1. The van der Waals surface area contributed by atoms with Gasteiger partial charge in [-0.05, 0) is 6.42 Å². The Morgan fingerprint density at radius 1 is 1.71 bits per heavy atom. The van der Waals surface area contributed by atoms with Crippen LogP contribution in [0.2, 0.25) is 0 Å². The minimum atomic E-state index is 0.837. The highest BCUT2D eigenvalue weighted by atomic mass is 16.5. The van der Waals surface area contributed by atoms with Crippen molar-refractivity contribution in [3.8, 4) is 0 Å². The van der Waals surface area contributed by atoms with Crippen LogP contribution in [0.25, 0.3) is 0 Å². The van der Waals surface area contributed by atoms with E-state index in [0.717, 1.165) is 17.6 Å². The SMILES string of the molecule is CCC/C=[N+](\C)[O-]. The van der Waals surface area contributed by atoms with Crippen LogP contribution < -0.4 is 0 Å². The van der Waals surface area contributed by atoms with Crippen molar-refractivity contribution in [2.24, 2.45) is 0 Å². The average molecular weight is 101 g/mol. The molecule has 0 fully saturated rings. The molecule has 0 spiro atoms. The van der Waals surface area contributed by atoms with E-state index in [-0.39, 0.29) is 0 Å². The summed E-state index contributed by atoms with van der Waals surface area (Å²) in [5, 5.41) is 10.1. The van der Waals surface area contributed by atoms with E-state index in [0.29, 0.717) is 0 Å². The van der Waals surface area contributed by atoms with E-state index in [4.69, 9.17) is 0 Å². The minimum absolute atomic E-state index is 0.837. The van der Waals surface area contributed by atoms with Gasteiger partial charge in [0.05, 0.1) is 0 Å².